The van der Waals surface area contributed by atoms with Gasteiger partial charge >= 0.3 is 0 Å². The Bertz CT molecular complexity index is 735. The minimum absolute atomic E-state index is 0.0365. The Labute approximate surface area is 147 Å². The van der Waals surface area contributed by atoms with Gasteiger partial charge in [-0.15, -0.1) is 0 Å². The van der Waals surface area contributed by atoms with Crippen molar-refractivity contribution < 1.29 is 14.3 Å². The monoisotopic (exact) mass is 338 g/mol. The molecule has 0 radical (unpaired) electrons. The van der Waals surface area contributed by atoms with Crippen molar-refractivity contribution in [2.45, 2.75) is 25.7 Å². The number of nitrogens with one attached hydrogen (secondary N) is 2. The van der Waals surface area contributed by atoms with E-state index >= 15 is 0 Å². The SMILES string of the molecule is COc1ccc(CCC(=O)Nc2ccc(NC(=O)C3CC3)cc2)cc1. The number of aryl methyl sites for hydroxylation is 1. The van der Waals surface area contributed by atoms with Gasteiger partial charge in [0.1, 0.15) is 5.75 Å². The predicted molar refractivity (Wildman–Crippen MR) is 97.7 cm³/mol. The molecule has 3 rings (SSSR count). The van der Waals surface area contributed by atoms with Crippen molar-refractivity contribution in [3.05, 3.63) is 54.1 Å². The smallest absolute Gasteiger partial charge is 0.227 e. The van der Waals surface area contributed by atoms with Gasteiger partial charge in [0.05, 0.1) is 7.11 Å². The first kappa shape index (κ1) is 17.0. The van der Waals surface area contributed by atoms with E-state index in [1.807, 2.05) is 24.3 Å². The van der Waals surface area contributed by atoms with Crippen LogP contribution in [0, 0.1) is 5.92 Å². The molecule has 0 atom stereocenters. The van der Waals surface area contributed by atoms with Crippen LogP contribution in [0.1, 0.15) is 24.8 Å². The molecule has 5 heteroatoms. The van der Waals surface area contributed by atoms with Crippen LogP contribution >= 0.6 is 0 Å². The highest BCUT2D eigenvalue weighted by Gasteiger charge is 2.29. The molecular weight excluding hydrogens is 316 g/mol. The van der Waals surface area contributed by atoms with Crippen LogP contribution in [0.5, 0.6) is 5.75 Å². The third-order valence-corrected chi connectivity index (χ3v) is 4.18. The highest BCUT2D eigenvalue weighted by Crippen LogP contribution is 2.30. The summed E-state index contributed by atoms with van der Waals surface area (Å²) in [7, 11) is 1.63. The lowest BCUT2D eigenvalue weighted by atomic mass is 10.1. The van der Waals surface area contributed by atoms with Gasteiger partial charge in [-0.1, -0.05) is 12.1 Å². The highest BCUT2D eigenvalue weighted by atomic mass is 16.5. The van der Waals surface area contributed by atoms with E-state index in [9.17, 15) is 9.59 Å². The number of ether oxygens (including phenoxy) is 1. The van der Waals surface area contributed by atoms with Crippen molar-refractivity contribution in [3.8, 4) is 5.75 Å². The Kier molecular flexibility index (Phi) is 5.33. The Hall–Kier alpha value is -2.82. The van der Waals surface area contributed by atoms with Gasteiger partial charge < -0.3 is 15.4 Å². The number of carbonyl (C=O) groups is 2. The normalized spacial score (nSPS) is 13.2. The summed E-state index contributed by atoms with van der Waals surface area (Å²) in [6, 6.07) is 14.9. The molecule has 2 aromatic rings. The van der Waals surface area contributed by atoms with E-state index in [0.717, 1.165) is 35.5 Å². The first-order valence-electron chi connectivity index (χ1n) is 8.48. The summed E-state index contributed by atoms with van der Waals surface area (Å²) in [6.07, 6.45) is 3.04. The molecule has 0 aliphatic heterocycles. The molecule has 130 valence electrons. The van der Waals surface area contributed by atoms with Crippen LogP contribution in [-0.2, 0) is 16.0 Å². The van der Waals surface area contributed by atoms with Crippen molar-refractivity contribution in [2.24, 2.45) is 5.92 Å². The Balaban J connectivity index is 1.45. The van der Waals surface area contributed by atoms with E-state index in [2.05, 4.69) is 10.6 Å². The number of carbonyl (C=O) groups excluding carboxylic acids is 2. The number of hydrogen-bond acceptors (Lipinski definition) is 3. The molecule has 0 bridgehead atoms. The quantitative estimate of drug-likeness (QED) is 0.810. The van der Waals surface area contributed by atoms with Gasteiger partial charge in [0, 0.05) is 23.7 Å². The number of methoxy groups -OCH3 is 1. The Morgan fingerprint density at radius 2 is 1.56 bits per heavy atom. The van der Waals surface area contributed by atoms with Gasteiger partial charge in [0.15, 0.2) is 0 Å². The Morgan fingerprint density at radius 1 is 0.960 bits per heavy atom. The van der Waals surface area contributed by atoms with Crippen LogP contribution in [0.3, 0.4) is 0 Å². The van der Waals surface area contributed by atoms with E-state index < -0.39 is 0 Å². The molecule has 5 nitrogen and oxygen atoms in total. The van der Waals surface area contributed by atoms with Crippen LogP contribution in [0.4, 0.5) is 11.4 Å². The van der Waals surface area contributed by atoms with Crippen LogP contribution in [-0.4, -0.2) is 18.9 Å². The lowest BCUT2D eigenvalue weighted by Gasteiger charge is -2.08. The van der Waals surface area contributed by atoms with Gasteiger partial charge in [-0.3, -0.25) is 9.59 Å². The second kappa shape index (κ2) is 7.83. The fraction of sp³-hybridized carbons (Fsp3) is 0.300. The maximum atomic E-state index is 12.1. The van der Waals surface area contributed by atoms with Crippen molar-refractivity contribution >= 4 is 23.2 Å². The topological polar surface area (TPSA) is 67.4 Å². The van der Waals surface area contributed by atoms with Crippen molar-refractivity contribution in [2.75, 3.05) is 17.7 Å². The maximum absolute atomic E-state index is 12.1. The number of rotatable bonds is 7. The van der Waals surface area contributed by atoms with Gasteiger partial charge in [0.2, 0.25) is 11.8 Å². The second-order valence-electron chi connectivity index (χ2n) is 6.24. The number of amides is 2. The zero-order valence-electron chi connectivity index (χ0n) is 14.2. The van der Waals surface area contributed by atoms with Crippen LogP contribution in [0.15, 0.2) is 48.5 Å². The summed E-state index contributed by atoms with van der Waals surface area (Å²) in [5, 5.41) is 5.75. The van der Waals surface area contributed by atoms with E-state index in [1.165, 1.54) is 0 Å². The first-order valence-corrected chi connectivity index (χ1v) is 8.48. The van der Waals surface area contributed by atoms with Crippen LogP contribution < -0.4 is 15.4 Å². The molecule has 0 aromatic heterocycles. The zero-order chi connectivity index (χ0) is 17.6. The number of hydrogen-bond donors (Lipinski definition) is 2. The maximum Gasteiger partial charge on any atom is 0.227 e. The third-order valence-electron chi connectivity index (χ3n) is 4.18. The molecule has 2 N–H and O–H groups in total. The summed E-state index contributed by atoms with van der Waals surface area (Å²) in [6.45, 7) is 0. The summed E-state index contributed by atoms with van der Waals surface area (Å²) in [5.74, 6) is 1.03. The average Bonchev–Trinajstić information content (AvgIpc) is 3.47. The molecule has 0 saturated heterocycles. The molecule has 0 heterocycles. The molecule has 1 aliphatic carbocycles. The van der Waals surface area contributed by atoms with Crippen molar-refractivity contribution in [1.82, 2.24) is 0 Å². The molecule has 1 saturated carbocycles. The molecule has 1 fully saturated rings. The van der Waals surface area contributed by atoms with Gasteiger partial charge in [-0.05, 0) is 61.2 Å². The van der Waals surface area contributed by atoms with Crippen LogP contribution in [0.2, 0.25) is 0 Å². The minimum Gasteiger partial charge on any atom is -0.497 e. The number of benzene rings is 2. The molecular formula is C20H22N2O3. The van der Waals surface area contributed by atoms with Crippen molar-refractivity contribution in [1.29, 1.82) is 0 Å². The van der Waals surface area contributed by atoms with Gasteiger partial charge in [-0.25, -0.2) is 0 Å². The number of anilines is 2. The summed E-state index contributed by atoms with van der Waals surface area (Å²) in [5.41, 5.74) is 2.58. The van der Waals surface area contributed by atoms with E-state index in [0.29, 0.717) is 12.8 Å². The molecule has 0 unspecified atom stereocenters. The minimum atomic E-state index is -0.0365. The van der Waals surface area contributed by atoms with E-state index in [1.54, 1.807) is 31.4 Å². The second-order valence-corrected chi connectivity index (χ2v) is 6.24. The first-order chi connectivity index (χ1) is 12.1. The largest absolute Gasteiger partial charge is 0.497 e. The van der Waals surface area contributed by atoms with E-state index in [4.69, 9.17) is 4.74 Å². The lowest BCUT2D eigenvalue weighted by Crippen LogP contribution is -2.14. The summed E-state index contributed by atoms with van der Waals surface area (Å²) in [4.78, 5) is 23.8. The summed E-state index contributed by atoms with van der Waals surface area (Å²) >= 11 is 0. The van der Waals surface area contributed by atoms with Gasteiger partial charge in [0.25, 0.3) is 0 Å². The fourth-order valence-corrected chi connectivity index (χ4v) is 2.50. The summed E-state index contributed by atoms with van der Waals surface area (Å²) < 4.78 is 5.12. The fourth-order valence-electron chi connectivity index (χ4n) is 2.50. The zero-order valence-corrected chi connectivity index (χ0v) is 14.2. The van der Waals surface area contributed by atoms with E-state index in [-0.39, 0.29) is 17.7 Å². The molecule has 2 amide bonds. The highest BCUT2D eigenvalue weighted by molar-refractivity contribution is 5.95. The molecule has 25 heavy (non-hydrogen) atoms. The standard InChI is InChI=1S/C20H22N2O3/c1-25-18-11-2-14(3-12-18)4-13-19(23)21-16-7-9-17(10-8-16)22-20(24)15-5-6-15/h2-3,7-12,15H,4-6,13H2,1H3,(H,21,23)(H,22,24). The Morgan fingerprint density at radius 3 is 2.12 bits per heavy atom. The molecule has 2 aromatic carbocycles. The van der Waals surface area contributed by atoms with Gasteiger partial charge in [-0.2, -0.15) is 0 Å². The molecule has 0 spiro atoms. The lowest BCUT2D eigenvalue weighted by molar-refractivity contribution is -0.117. The molecule has 1 aliphatic rings. The third kappa shape index (κ3) is 5.08. The van der Waals surface area contributed by atoms with Crippen LogP contribution in [0.25, 0.3) is 0 Å². The van der Waals surface area contributed by atoms with Crippen molar-refractivity contribution in [3.63, 3.8) is 0 Å². The predicted octanol–water partition coefficient (Wildman–Crippen LogP) is 3.62. The average molecular weight is 338 g/mol.